The van der Waals surface area contributed by atoms with Crippen LogP contribution in [0.2, 0.25) is 0 Å². The molecule has 1 aromatic rings. The Morgan fingerprint density at radius 3 is 2.79 bits per heavy atom. The van der Waals surface area contributed by atoms with Gasteiger partial charge in [0.1, 0.15) is 0 Å². The van der Waals surface area contributed by atoms with E-state index in [2.05, 4.69) is 6.07 Å². The number of hydrogen-bond acceptors (Lipinski definition) is 3. The van der Waals surface area contributed by atoms with Gasteiger partial charge >= 0.3 is 0 Å². The first-order chi connectivity index (χ1) is 6.72. The van der Waals surface area contributed by atoms with Gasteiger partial charge in [0, 0.05) is 0 Å². The zero-order valence-electron chi connectivity index (χ0n) is 8.20. The van der Waals surface area contributed by atoms with E-state index in [9.17, 15) is 0 Å². The molecule has 3 heteroatoms. The minimum absolute atomic E-state index is 0.0954. The van der Waals surface area contributed by atoms with Gasteiger partial charge in [0.05, 0.1) is 24.3 Å². The second-order valence-electron chi connectivity index (χ2n) is 3.17. The maximum absolute atomic E-state index is 8.96. The number of hydrogen-bond donors (Lipinski definition) is 2. The fourth-order valence-corrected chi connectivity index (χ4v) is 1.43. The van der Waals surface area contributed by atoms with E-state index in [0.717, 1.165) is 17.5 Å². The van der Waals surface area contributed by atoms with Gasteiger partial charge in [0.15, 0.2) is 0 Å². The lowest BCUT2D eigenvalue weighted by molar-refractivity contribution is 0.267. The molecule has 1 unspecified atom stereocenters. The Kier molecular flexibility index (Phi) is 3.63. The number of nitrogens with two attached hydrogens (primary N) is 1. The van der Waals surface area contributed by atoms with Crippen LogP contribution in [-0.4, -0.2) is 11.7 Å². The van der Waals surface area contributed by atoms with Gasteiger partial charge in [0.2, 0.25) is 0 Å². The summed E-state index contributed by atoms with van der Waals surface area (Å²) in [5.41, 5.74) is 8.28. The predicted octanol–water partition coefficient (Wildman–Crippen LogP) is 1.11. The van der Waals surface area contributed by atoms with Crippen molar-refractivity contribution in [1.29, 1.82) is 5.26 Å². The number of rotatable bonds is 3. The van der Waals surface area contributed by atoms with Crippen LogP contribution in [0.4, 0.5) is 0 Å². The SMILES string of the molecule is CCc1ccc(C#N)cc1C(N)CO. The first kappa shape index (κ1) is 10.7. The lowest BCUT2D eigenvalue weighted by Gasteiger charge is -2.13. The number of aliphatic hydroxyl groups is 1. The molecule has 0 amide bonds. The normalized spacial score (nSPS) is 12.1. The number of aryl methyl sites for hydroxylation is 1. The average Bonchev–Trinajstić information content (AvgIpc) is 2.27. The minimum atomic E-state index is -0.391. The van der Waals surface area contributed by atoms with Crippen LogP contribution < -0.4 is 5.73 Å². The lowest BCUT2D eigenvalue weighted by Crippen LogP contribution is -2.16. The van der Waals surface area contributed by atoms with Gasteiger partial charge in [-0.1, -0.05) is 13.0 Å². The molecule has 0 aliphatic rings. The summed E-state index contributed by atoms with van der Waals surface area (Å²) in [5, 5.41) is 17.7. The van der Waals surface area contributed by atoms with E-state index in [1.165, 1.54) is 0 Å². The van der Waals surface area contributed by atoms with Gasteiger partial charge in [-0.25, -0.2) is 0 Å². The Morgan fingerprint density at radius 1 is 1.57 bits per heavy atom. The molecule has 0 fully saturated rings. The van der Waals surface area contributed by atoms with Crippen LogP contribution in [0.3, 0.4) is 0 Å². The zero-order valence-corrected chi connectivity index (χ0v) is 8.20. The van der Waals surface area contributed by atoms with Gasteiger partial charge in [-0.3, -0.25) is 0 Å². The van der Waals surface area contributed by atoms with Crippen molar-refractivity contribution >= 4 is 0 Å². The van der Waals surface area contributed by atoms with Crippen LogP contribution in [0.5, 0.6) is 0 Å². The topological polar surface area (TPSA) is 70.0 Å². The molecule has 14 heavy (non-hydrogen) atoms. The summed E-state index contributed by atoms with van der Waals surface area (Å²) in [6, 6.07) is 7.08. The molecule has 0 saturated carbocycles. The smallest absolute Gasteiger partial charge is 0.0991 e. The molecule has 0 aliphatic carbocycles. The zero-order chi connectivity index (χ0) is 10.6. The molecular formula is C11H14N2O. The van der Waals surface area contributed by atoms with Crippen molar-refractivity contribution in [2.75, 3.05) is 6.61 Å². The molecule has 3 nitrogen and oxygen atoms in total. The standard InChI is InChI=1S/C11H14N2O/c1-2-9-4-3-8(6-12)5-10(9)11(13)7-14/h3-5,11,14H,2,7,13H2,1H3. The molecule has 1 atom stereocenters. The van der Waals surface area contributed by atoms with Gasteiger partial charge in [-0.2, -0.15) is 5.26 Å². The Hall–Kier alpha value is -1.37. The van der Waals surface area contributed by atoms with Gasteiger partial charge in [-0.05, 0) is 29.7 Å². The Balaban J connectivity index is 3.16. The van der Waals surface area contributed by atoms with Crippen molar-refractivity contribution in [2.24, 2.45) is 5.73 Å². The highest BCUT2D eigenvalue weighted by Gasteiger charge is 2.09. The van der Waals surface area contributed by atoms with Crippen molar-refractivity contribution in [2.45, 2.75) is 19.4 Å². The summed E-state index contributed by atoms with van der Waals surface area (Å²) in [4.78, 5) is 0. The summed E-state index contributed by atoms with van der Waals surface area (Å²) >= 11 is 0. The van der Waals surface area contributed by atoms with Gasteiger partial charge in [0.25, 0.3) is 0 Å². The van der Waals surface area contributed by atoms with E-state index in [-0.39, 0.29) is 6.61 Å². The fraction of sp³-hybridized carbons (Fsp3) is 0.364. The second-order valence-corrected chi connectivity index (χ2v) is 3.17. The summed E-state index contributed by atoms with van der Waals surface area (Å²) in [6.45, 7) is 1.93. The van der Waals surface area contributed by atoms with Crippen LogP contribution in [0.25, 0.3) is 0 Å². The number of nitriles is 1. The van der Waals surface area contributed by atoms with E-state index in [1.54, 1.807) is 12.1 Å². The third-order valence-corrected chi connectivity index (χ3v) is 2.25. The summed E-state index contributed by atoms with van der Waals surface area (Å²) in [7, 11) is 0. The van der Waals surface area contributed by atoms with Crippen LogP contribution >= 0.6 is 0 Å². The molecule has 0 heterocycles. The average molecular weight is 190 g/mol. The van der Waals surface area contributed by atoms with E-state index in [0.29, 0.717) is 5.56 Å². The second kappa shape index (κ2) is 4.75. The van der Waals surface area contributed by atoms with E-state index in [4.69, 9.17) is 16.1 Å². The molecule has 0 aromatic heterocycles. The van der Waals surface area contributed by atoms with Crippen molar-refractivity contribution in [1.82, 2.24) is 0 Å². The Morgan fingerprint density at radius 2 is 2.29 bits per heavy atom. The van der Waals surface area contributed by atoms with E-state index >= 15 is 0 Å². The Bertz CT molecular complexity index is 355. The monoisotopic (exact) mass is 190 g/mol. The maximum atomic E-state index is 8.96. The van der Waals surface area contributed by atoms with Crippen molar-refractivity contribution in [3.63, 3.8) is 0 Å². The van der Waals surface area contributed by atoms with Crippen molar-refractivity contribution in [3.8, 4) is 6.07 Å². The predicted molar refractivity (Wildman–Crippen MR) is 54.5 cm³/mol. The largest absolute Gasteiger partial charge is 0.394 e. The molecule has 1 aromatic carbocycles. The van der Waals surface area contributed by atoms with Crippen LogP contribution in [0.1, 0.15) is 29.7 Å². The molecular weight excluding hydrogens is 176 g/mol. The van der Waals surface area contributed by atoms with Gasteiger partial charge in [-0.15, -0.1) is 0 Å². The third-order valence-electron chi connectivity index (χ3n) is 2.25. The highest BCUT2D eigenvalue weighted by molar-refractivity contribution is 5.39. The number of benzene rings is 1. The van der Waals surface area contributed by atoms with Gasteiger partial charge < -0.3 is 10.8 Å². The number of aliphatic hydroxyl groups excluding tert-OH is 1. The maximum Gasteiger partial charge on any atom is 0.0991 e. The first-order valence-corrected chi connectivity index (χ1v) is 4.62. The minimum Gasteiger partial charge on any atom is -0.394 e. The summed E-state index contributed by atoms with van der Waals surface area (Å²) < 4.78 is 0. The first-order valence-electron chi connectivity index (χ1n) is 4.62. The van der Waals surface area contributed by atoms with Crippen LogP contribution in [0.15, 0.2) is 18.2 Å². The molecule has 74 valence electrons. The van der Waals surface area contributed by atoms with E-state index < -0.39 is 6.04 Å². The molecule has 3 N–H and O–H groups in total. The highest BCUT2D eigenvalue weighted by atomic mass is 16.3. The molecule has 1 rings (SSSR count). The quantitative estimate of drug-likeness (QED) is 0.750. The van der Waals surface area contributed by atoms with Crippen molar-refractivity contribution in [3.05, 3.63) is 34.9 Å². The fourth-order valence-electron chi connectivity index (χ4n) is 1.43. The third kappa shape index (κ3) is 2.11. The molecule has 0 aliphatic heterocycles. The van der Waals surface area contributed by atoms with Crippen LogP contribution in [0, 0.1) is 11.3 Å². The van der Waals surface area contributed by atoms with Crippen molar-refractivity contribution < 1.29 is 5.11 Å². The number of nitrogens with zero attached hydrogens (tertiary/aromatic N) is 1. The van der Waals surface area contributed by atoms with E-state index in [1.807, 2.05) is 13.0 Å². The molecule has 0 radical (unpaired) electrons. The highest BCUT2D eigenvalue weighted by Crippen LogP contribution is 2.18. The van der Waals surface area contributed by atoms with Crippen LogP contribution in [-0.2, 0) is 6.42 Å². The molecule has 0 bridgehead atoms. The lowest BCUT2D eigenvalue weighted by atomic mass is 9.97. The summed E-state index contributed by atoms with van der Waals surface area (Å²) in [6.07, 6.45) is 0.856. The molecule has 0 saturated heterocycles. The summed E-state index contributed by atoms with van der Waals surface area (Å²) in [5.74, 6) is 0. The molecule has 0 spiro atoms. The Labute approximate surface area is 83.8 Å².